The molecule has 2 aromatic heterocycles. The van der Waals surface area contributed by atoms with Crippen molar-refractivity contribution in [3.05, 3.63) is 32.8 Å². The third kappa shape index (κ3) is 1.86. The van der Waals surface area contributed by atoms with E-state index >= 15 is 0 Å². The van der Waals surface area contributed by atoms with Crippen molar-refractivity contribution in [1.82, 2.24) is 10.3 Å². The van der Waals surface area contributed by atoms with Crippen LogP contribution in [0.2, 0.25) is 0 Å². The molecule has 3 heterocycles. The lowest BCUT2D eigenvalue weighted by Crippen LogP contribution is -2.39. The maximum Gasteiger partial charge on any atom is 0.250 e. The average Bonchev–Trinajstić information content (AvgIpc) is 3.01. The predicted molar refractivity (Wildman–Crippen MR) is 74.3 cm³/mol. The van der Waals surface area contributed by atoms with Gasteiger partial charge in [0.1, 0.15) is 11.9 Å². The van der Waals surface area contributed by atoms with Gasteiger partial charge in [-0.3, -0.25) is 9.69 Å². The van der Waals surface area contributed by atoms with Gasteiger partial charge in [-0.15, -0.1) is 22.7 Å². The van der Waals surface area contributed by atoms with Crippen LogP contribution in [0.25, 0.3) is 0 Å². The molecule has 0 radical (unpaired) electrons. The number of rotatable bonds is 2. The second kappa shape index (κ2) is 4.79. The van der Waals surface area contributed by atoms with Gasteiger partial charge in [0.2, 0.25) is 0 Å². The molecular weight excluding hydrogens is 266 g/mol. The summed E-state index contributed by atoms with van der Waals surface area (Å²) in [5, 5.41) is 7.10. The first-order valence-corrected chi connectivity index (χ1v) is 7.56. The number of hydrogen-bond donors (Lipinski definition) is 1. The molecule has 1 amide bonds. The highest BCUT2D eigenvalue weighted by Crippen LogP contribution is 2.31. The van der Waals surface area contributed by atoms with E-state index in [-0.39, 0.29) is 11.9 Å². The summed E-state index contributed by atoms with van der Waals surface area (Å²) in [6, 6.07) is 1.87. The summed E-state index contributed by atoms with van der Waals surface area (Å²) < 4.78 is 0. The zero-order valence-electron chi connectivity index (χ0n) is 9.92. The van der Waals surface area contributed by atoms with Crippen LogP contribution in [0.1, 0.15) is 16.5 Å². The largest absolute Gasteiger partial charge is 0.305 e. The van der Waals surface area contributed by atoms with Crippen molar-refractivity contribution in [2.24, 2.45) is 0 Å². The average molecular weight is 279 g/mol. The Morgan fingerprint density at radius 1 is 1.56 bits per heavy atom. The molecule has 1 N–H and O–H groups in total. The summed E-state index contributed by atoms with van der Waals surface area (Å²) in [7, 11) is 1.83. The minimum atomic E-state index is -0.246. The fraction of sp³-hybridized carbons (Fsp3) is 0.333. The van der Waals surface area contributed by atoms with Crippen LogP contribution in [0.3, 0.4) is 0 Å². The van der Waals surface area contributed by atoms with Crippen molar-refractivity contribution >= 4 is 34.4 Å². The van der Waals surface area contributed by atoms with Crippen LogP contribution in [-0.2, 0) is 11.2 Å². The minimum Gasteiger partial charge on any atom is -0.305 e. The molecule has 0 saturated heterocycles. The molecule has 0 fully saturated rings. The van der Waals surface area contributed by atoms with Crippen LogP contribution >= 0.6 is 22.7 Å². The summed E-state index contributed by atoms with van der Waals surface area (Å²) in [6.45, 7) is 0.699. The maximum absolute atomic E-state index is 12.6. The van der Waals surface area contributed by atoms with Crippen molar-refractivity contribution in [2.75, 3.05) is 18.5 Å². The summed E-state index contributed by atoms with van der Waals surface area (Å²) in [6.07, 6.45) is 0.889. The lowest BCUT2D eigenvalue weighted by Gasteiger charge is -2.22. The van der Waals surface area contributed by atoms with E-state index in [1.54, 1.807) is 21.7 Å². The van der Waals surface area contributed by atoms with E-state index in [1.807, 2.05) is 12.4 Å². The Morgan fingerprint density at radius 2 is 2.44 bits per heavy atom. The number of carbonyl (C=O) groups excluding carboxylic acids is 1. The van der Waals surface area contributed by atoms with Gasteiger partial charge >= 0.3 is 0 Å². The normalized spacial score (nSPS) is 19.7. The first kappa shape index (κ1) is 11.8. The molecule has 4 nitrogen and oxygen atoms in total. The van der Waals surface area contributed by atoms with Crippen LogP contribution in [0, 0.1) is 0 Å². The number of thiophene rings is 1. The molecule has 6 heteroatoms. The predicted octanol–water partition coefficient (Wildman–Crippen LogP) is 2.05. The van der Waals surface area contributed by atoms with E-state index in [1.165, 1.54) is 16.9 Å². The Bertz CT molecular complexity index is 549. The van der Waals surface area contributed by atoms with Gasteiger partial charge < -0.3 is 5.32 Å². The van der Waals surface area contributed by atoms with Gasteiger partial charge in [0.25, 0.3) is 5.91 Å². The van der Waals surface area contributed by atoms with Crippen molar-refractivity contribution < 1.29 is 4.79 Å². The number of nitrogens with zero attached hydrogens (tertiary/aromatic N) is 2. The Kier molecular flexibility index (Phi) is 3.15. The standard InChI is InChI=1S/C12H13N3OS2/c1-13-10-11-8(3-5-18-11)2-4-15(12(10)16)9-6-17-7-14-9/h3,5-7,10,13H,2,4H2,1H3. The van der Waals surface area contributed by atoms with E-state index in [0.717, 1.165) is 17.1 Å². The molecule has 1 atom stereocenters. The molecule has 0 bridgehead atoms. The molecule has 1 aliphatic heterocycles. The van der Waals surface area contributed by atoms with E-state index in [2.05, 4.69) is 21.7 Å². The number of thiazole rings is 1. The number of amides is 1. The van der Waals surface area contributed by atoms with Gasteiger partial charge in [-0.05, 0) is 30.5 Å². The highest BCUT2D eigenvalue weighted by molar-refractivity contribution is 7.10. The molecule has 3 rings (SSSR count). The smallest absolute Gasteiger partial charge is 0.250 e. The van der Waals surface area contributed by atoms with Gasteiger partial charge in [-0.2, -0.15) is 0 Å². The van der Waals surface area contributed by atoms with Crippen LogP contribution in [0.5, 0.6) is 0 Å². The molecular formula is C12H13N3OS2. The number of anilines is 1. The van der Waals surface area contributed by atoms with Crippen LogP contribution in [0.15, 0.2) is 22.3 Å². The van der Waals surface area contributed by atoms with Gasteiger partial charge in [0.05, 0.1) is 5.51 Å². The number of hydrogen-bond acceptors (Lipinski definition) is 5. The molecule has 2 aromatic rings. The Hall–Kier alpha value is -1.24. The van der Waals surface area contributed by atoms with Crippen molar-refractivity contribution in [3.8, 4) is 0 Å². The molecule has 0 spiro atoms. The van der Waals surface area contributed by atoms with Crippen LogP contribution < -0.4 is 10.2 Å². The summed E-state index contributed by atoms with van der Waals surface area (Å²) in [4.78, 5) is 19.7. The van der Waals surface area contributed by atoms with E-state index in [9.17, 15) is 4.79 Å². The van der Waals surface area contributed by atoms with Gasteiger partial charge in [-0.1, -0.05) is 0 Å². The van der Waals surface area contributed by atoms with Crippen LogP contribution in [0.4, 0.5) is 5.82 Å². The highest BCUT2D eigenvalue weighted by Gasteiger charge is 2.32. The number of nitrogens with one attached hydrogen (secondary N) is 1. The molecule has 1 unspecified atom stereocenters. The molecule has 1 aliphatic rings. The second-order valence-corrected chi connectivity index (χ2v) is 5.78. The first-order chi connectivity index (χ1) is 8.81. The second-order valence-electron chi connectivity index (χ2n) is 4.12. The lowest BCUT2D eigenvalue weighted by atomic mass is 10.1. The number of carbonyl (C=O) groups is 1. The van der Waals surface area contributed by atoms with E-state index in [4.69, 9.17) is 0 Å². The summed E-state index contributed by atoms with van der Waals surface area (Å²) >= 11 is 3.16. The number of aromatic nitrogens is 1. The monoisotopic (exact) mass is 279 g/mol. The highest BCUT2D eigenvalue weighted by atomic mass is 32.1. The van der Waals surface area contributed by atoms with Crippen molar-refractivity contribution in [1.29, 1.82) is 0 Å². The lowest BCUT2D eigenvalue weighted by molar-refractivity contribution is -0.120. The Balaban J connectivity index is 1.99. The van der Waals surface area contributed by atoms with Gasteiger partial charge in [0.15, 0.2) is 0 Å². The van der Waals surface area contributed by atoms with Crippen molar-refractivity contribution in [2.45, 2.75) is 12.5 Å². The zero-order chi connectivity index (χ0) is 12.5. The third-order valence-electron chi connectivity index (χ3n) is 3.15. The van der Waals surface area contributed by atoms with Crippen LogP contribution in [-0.4, -0.2) is 24.5 Å². The quantitative estimate of drug-likeness (QED) is 0.915. The SMILES string of the molecule is CNC1C(=O)N(c2cscn2)CCc2ccsc21. The molecule has 0 aliphatic carbocycles. The first-order valence-electron chi connectivity index (χ1n) is 5.74. The van der Waals surface area contributed by atoms with Crippen molar-refractivity contribution in [3.63, 3.8) is 0 Å². The van der Waals surface area contributed by atoms with Gasteiger partial charge in [0, 0.05) is 16.8 Å². The fourth-order valence-corrected chi connectivity index (χ4v) is 3.83. The maximum atomic E-state index is 12.6. The Morgan fingerprint density at radius 3 is 3.17 bits per heavy atom. The van der Waals surface area contributed by atoms with Gasteiger partial charge in [-0.25, -0.2) is 4.98 Å². The van der Waals surface area contributed by atoms with E-state index < -0.39 is 0 Å². The summed E-state index contributed by atoms with van der Waals surface area (Å²) in [5.41, 5.74) is 3.03. The molecule has 18 heavy (non-hydrogen) atoms. The molecule has 94 valence electrons. The number of fused-ring (bicyclic) bond motifs is 1. The molecule has 0 saturated carbocycles. The number of likely N-dealkylation sites (N-methyl/N-ethyl adjacent to an activating group) is 1. The minimum absolute atomic E-state index is 0.0876. The zero-order valence-corrected chi connectivity index (χ0v) is 11.6. The fourth-order valence-electron chi connectivity index (χ4n) is 2.24. The Labute approximate surface area is 113 Å². The third-order valence-corrected chi connectivity index (χ3v) is 4.74. The van der Waals surface area contributed by atoms with E-state index in [0.29, 0.717) is 6.54 Å². The summed E-state index contributed by atoms with van der Waals surface area (Å²) in [5.74, 6) is 0.852. The molecule has 0 aromatic carbocycles. The topological polar surface area (TPSA) is 45.2 Å².